The minimum atomic E-state index is -0.483. The van der Waals surface area contributed by atoms with E-state index in [1.54, 1.807) is 0 Å². The Morgan fingerprint density at radius 2 is 1.92 bits per heavy atom. The number of hydrogen-bond acceptors (Lipinski definition) is 4. The molecule has 0 aliphatic carbocycles. The number of amides is 1. The normalized spacial score (nSPS) is 10.3. The molecule has 5 nitrogen and oxygen atoms in total. The summed E-state index contributed by atoms with van der Waals surface area (Å²) >= 11 is 0. The zero-order valence-electron chi connectivity index (χ0n) is 7.50. The molecular weight excluding hydrogens is 160 g/mol. The lowest BCUT2D eigenvalue weighted by Gasteiger charge is -2.15. The summed E-state index contributed by atoms with van der Waals surface area (Å²) in [7, 11) is 0. The van der Waals surface area contributed by atoms with Crippen molar-refractivity contribution in [1.82, 2.24) is 5.43 Å². The van der Waals surface area contributed by atoms with E-state index >= 15 is 0 Å². The van der Waals surface area contributed by atoms with Gasteiger partial charge in [0, 0.05) is 13.2 Å². The molecule has 0 radical (unpaired) electrons. The number of nitrogens with two attached hydrogens (primary N) is 1. The second-order valence-electron chi connectivity index (χ2n) is 2.11. The number of ether oxygens (including phenoxy) is 2. The molecule has 72 valence electrons. The van der Waals surface area contributed by atoms with E-state index in [0.29, 0.717) is 13.2 Å². The maximum Gasteiger partial charge on any atom is 0.238 e. The molecule has 0 aliphatic heterocycles. The number of carbonyl (C=O) groups is 1. The predicted molar refractivity (Wildman–Crippen MR) is 44.0 cm³/mol. The van der Waals surface area contributed by atoms with Crippen LogP contribution in [0.1, 0.15) is 20.3 Å². The summed E-state index contributed by atoms with van der Waals surface area (Å²) in [5.74, 6) is 4.61. The third-order valence-corrected chi connectivity index (χ3v) is 1.22. The van der Waals surface area contributed by atoms with Gasteiger partial charge < -0.3 is 9.47 Å². The Kier molecular flexibility index (Phi) is 6.64. The van der Waals surface area contributed by atoms with Gasteiger partial charge in [-0.05, 0) is 13.8 Å². The number of carbonyl (C=O) groups excluding carboxylic acids is 1. The summed E-state index contributed by atoms with van der Waals surface area (Å²) in [4.78, 5) is 10.8. The molecule has 0 heterocycles. The Labute approximate surface area is 72.2 Å². The largest absolute Gasteiger partial charge is 0.352 e. The smallest absolute Gasteiger partial charge is 0.238 e. The van der Waals surface area contributed by atoms with Crippen LogP contribution in [-0.2, 0) is 14.3 Å². The second-order valence-corrected chi connectivity index (χ2v) is 2.11. The quantitative estimate of drug-likeness (QED) is 0.254. The third kappa shape index (κ3) is 5.06. The van der Waals surface area contributed by atoms with Crippen molar-refractivity contribution in [2.45, 2.75) is 26.6 Å². The van der Waals surface area contributed by atoms with Gasteiger partial charge >= 0.3 is 0 Å². The molecule has 0 fully saturated rings. The molecule has 1 amide bonds. The van der Waals surface area contributed by atoms with Gasteiger partial charge in [-0.1, -0.05) is 0 Å². The fraction of sp³-hybridized carbons (Fsp3) is 0.857. The van der Waals surface area contributed by atoms with Crippen LogP contribution in [0.4, 0.5) is 0 Å². The number of nitrogens with one attached hydrogen (secondary N) is 1. The highest BCUT2D eigenvalue weighted by atomic mass is 16.7. The highest BCUT2D eigenvalue weighted by molar-refractivity contribution is 5.75. The van der Waals surface area contributed by atoms with Crippen LogP contribution < -0.4 is 11.3 Å². The molecule has 0 spiro atoms. The Bertz CT molecular complexity index is 124. The summed E-state index contributed by atoms with van der Waals surface area (Å²) in [6.45, 7) is 4.71. The molecule has 5 heteroatoms. The average molecular weight is 176 g/mol. The van der Waals surface area contributed by atoms with E-state index < -0.39 is 6.29 Å². The van der Waals surface area contributed by atoms with Crippen molar-refractivity contribution in [2.24, 2.45) is 5.84 Å². The van der Waals surface area contributed by atoms with Crippen LogP contribution in [0.3, 0.4) is 0 Å². The molecular formula is C7H16N2O3. The maximum absolute atomic E-state index is 10.8. The maximum atomic E-state index is 10.8. The van der Waals surface area contributed by atoms with Crippen LogP contribution in [0, 0.1) is 0 Å². The molecule has 0 aromatic rings. The molecule has 12 heavy (non-hydrogen) atoms. The summed E-state index contributed by atoms with van der Waals surface area (Å²) < 4.78 is 10.2. The summed E-state index contributed by atoms with van der Waals surface area (Å²) in [5.41, 5.74) is 2.01. The molecule has 0 saturated heterocycles. The van der Waals surface area contributed by atoms with Gasteiger partial charge in [-0.2, -0.15) is 0 Å². The van der Waals surface area contributed by atoms with Gasteiger partial charge in [0.15, 0.2) is 6.29 Å². The van der Waals surface area contributed by atoms with Gasteiger partial charge in [0.2, 0.25) is 5.91 Å². The Morgan fingerprint density at radius 1 is 1.42 bits per heavy atom. The number of rotatable bonds is 6. The summed E-state index contributed by atoms with van der Waals surface area (Å²) in [6.07, 6.45) is -0.346. The highest BCUT2D eigenvalue weighted by Crippen LogP contribution is 1.99. The molecule has 0 rings (SSSR count). The Balaban J connectivity index is 3.68. The van der Waals surface area contributed by atoms with Gasteiger partial charge in [0.05, 0.1) is 6.42 Å². The minimum absolute atomic E-state index is 0.137. The van der Waals surface area contributed by atoms with Crippen molar-refractivity contribution < 1.29 is 14.3 Å². The van der Waals surface area contributed by atoms with E-state index in [1.807, 2.05) is 19.3 Å². The standard InChI is InChI=1S/C7H16N2O3/c1-3-11-7(12-4-2)5-6(10)9-8/h7H,3-5,8H2,1-2H3,(H,9,10). The first kappa shape index (κ1) is 11.4. The molecule has 0 aliphatic rings. The van der Waals surface area contributed by atoms with Crippen molar-refractivity contribution in [3.63, 3.8) is 0 Å². The zero-order chi connectivity index (χ0) is 9.40. The predicted octanol–water partition coefficient (Wildman–Crippen LogP) is -0.235. The van der Waals surface area contributed by atoms with Crippen LogP contribution in [0.25, 0.3) is 0 Å². The lowest BCUT2D eigenvalue weighted by Crippen LogP contribution is -2.34. The van der Waals surface area contributed by atoms with E-state index in [1.165, 1.54) is 0 Å². The molecule has 0 bridgehead atoms. The van der Waals surface area contributed by atoms with E-state index in [0.717, 1.165) is 0 Å². The van der Waals surface area contributed by atoms with Crippen molar-refractivity contribution >= 4 is 5.91 Å². The topological polar surface area (TPSA) is 73.6 Å². The van der Waals surface area contributed by atoms with Crippen LogP contribution in [0.2, 0.25) is 0 Å². The van der Waals surface area contributed by atoms with Gasteiger partial charge in [0.25, 0.3) is 0 Å². The van der Waals surface area contributed by atoms with Crippen LogP contribution in [0.15, 0.2) is 0 Å². The van der Waals surface area contributed by atoms with Gasteiger partial charge in [-0.25, -0.2) is 5.84 Å². The van der Waals surface area contributed by atoms with E-state index in [2.05, 4.69) is 0 Å². The third-order valence-electron chi connectivity index (χ3n) is 1.22. The average Bonchev–Trinajstić information content (AvgIpc) is 2.05. The van der Waals surface area contributed by atoms with E-state index in [-0.39, 0.29) is 12.3 Å². The molecule has 0 unspecified atom stereocenters. The number of hydrogen-bond donors (Lipinski definition) is 2. The van der Waals surface area contributed by atoms with Crippen LogP contribution >= 0.6 is 0 Å². The first-order valence-corrected chi connectivity index (χ1v) is 3.97. The summed E-state index contributed by atoms with van der Waals surface area (Å²) in [6, 6.07) is 0. The van der Waals surface area contributed by atoms with Crippen LogP contribution in [-0.4, -0.2) is 25.4 Å². The molecule has 0 aromatic heterocycles. The second kappa shape index (κ2) is 7.02. The fourth-order valence-electron chi connectivity index (χ4n) is 0.748. The SMILES string of the molecule is CCOC(CC(=O)NN)OCC. The first-order valence-electron chi connectivity index (χ1n) is 3.97. The van der Waals surface area contributed by atoms with Crippen molar-refractivity contribution in [3.8, 4) is 0 Å². The van der Waals surface area contributed by atoms with Gasteiger partial charge in [-0.15, -0.1) is 0 Å². The summed E-state index contributed by atoms with van der Waals surface area (Å²) in [5, 5.41) is 0. The van der Waals surface area contributed by atoms with E-state index in [9.17, 15) is 4.79 Å². The van der Waals surface area contributed by atoms with Gasteiger partial charge in [0.1, 0.15) is 0 Å². The van der Waals surface area contributed by atoms with Gasteiger partial charge in [-0.3, -0.25) is 10.2 Å². The monoisotopic (exact) mass is 176 g/mol. The Morgan fingerprint density at radius 3 is 2.25 bits per heavy atom. The molecule has 0 saturated carbocycles. The highest BCUT2D eigenvalue weighted by Gasteiger charge is 2.12. The fourth-order valence-corrected chi connectivity index (χ4v) is 0.748. The van der Waals surface area contributed by atoms with Crippen molar-refractivity contribution in [2.75, 3.05) is 13.2 Å². The van der Waals surface area contributed by atoms with E-state index in [4.69, 9.17) is 15.3 Å². The number of hydrazine groups is 1. The lowest BCUT2D eigenvalue weighted by molar-refractivity contribution is -0.153. The van der Waals surface area contributed by atoms with Crippen molar-refractivity contribution in [3.05, 3.63) is 0 Å². The molecule has 0 aromatic carbocycles. The zero-order valence-corrected chi connectivity index (χ0v) is 7.50. The Hall–Kier alpha value is -0.650. The molecule has 3 N–H and O–H groups in total. The molecule has 0 atom stereocenters. The van der Waals surface area contributed by atoms with Crippen molar-refractivity contribution in [1.29, 1.82) is 0 Å². The first-order chi connectivity index (χ1) is 5.74. The lowest BCUT2D eigenvalue weighted by atomic mass is 10.4. The van der Waals surface area contributed by atoms with Crippen LogP contribution in [0.5, 0.6) is 0 Å². The minimum Gasteiger partial charge on any atom is -0.352 e.